The van der Waals surface area contributed by atoms with Crippen molar-refractivity contribution in [2.24, 2.45) is 0 Å². The maximum absolute atomic E-state index is 12.7. The van der Waals surface area contributed by atoms with Crippen LogP contribution in [0, 0.1) is 0 Å². The second-order valence-electron chi connectivity index (χ2n) is 7.43. The molecule has 1 aliphatic rings. The standard InChI is InChI=1S/C21H25N5O3S/c27-21(22-12-11-20-24-23-19-6-2-5-15-26(19)20)16-17-7-9-18(10-8-17)30(28,29)25-13-3-1-4-14-25/h2,5-10,15H,1,3-4,11-14,16H2,(H,22,27). The van der Waals surface area contributed by atoms with Gasteiger partial charge in [-0.05, 0) is 42.7 Å². The van der Waals surface area contributed by atoms with Gasteiger partial charge in [-0.2, -0.15) is 4.31 Å². The van der Waals surface area contributed by atoms with E-state index in [1.165, 1.54) is 0 Å². The van der Waals surface area contributed by atoms with E-state index in [0.29, 0.717) is 26.1 Å². The number of carbonyl (C=O) groups is 1. The highest BCUT2D eigenvalue weighted by Crippen LogP contribution is 2.21. The molecule has 4 rings (SSSR count). The van der Waals surface area contributed by atoms with Crippen LogP contribution in [0.1, 0.15) is 30.7 Å². The lowest BCUT2D eigenvalue weighted by Gasteiger charge is -2.25. The molecule has 1 aliphatic heterocycles. The highest BCUT2D eigenvalue weighted by atomic mass is 32.2. The van der Waals surface area contributed by atoms with Crippen molar-refractivity contribution in [1.29, 1.82) is 0 Å². The Morgan fingerprint density at radius 2 is 1.77 bits per heavy atom. The molecule has 0 saturated carbocycles. The molecule has 0 unspecified atom stereocenters. The van der Waals surface area contributed by atoms with Crippen molar-refractivity contribution in [2.45, 2.75) is 37.0 Å². The lowest BCUT2D eigenvalue weighted by atomic mass is 10.1. The number of benzene rings is 1. The number of hydrogen-bond acceptors (Lipinski definition) is 5. The zero-order valence-corrected chi connectivity index (χ0v) is 17.5. The van der Waals surface area contributed by atoms with Gasteiger partial charge in [-0.1, -0.05) is 24.6 Å². The zero-order valence-electron chi connectivity index (χ0n) is 16.7. The van der Waals surface area contributed by atoms with Gasteiger partial charge in [0, 0.05) is 32.3 Å². The fraction of sp³-hybridized carbons (Fsp3) is 0.381. The molecule has 3 heterocycles. The Morgan fingerprint density at radius 3 is 2.53 bits per heavy atom. The van der Waals surface area contributed by atoms with E-state index in [1.807, 2.05) is 28.8 Å². The number of amides is 1. The van der Waals surface area contributed by atoms with Crippen LogP contribution in [0.25, 0.3) is 5.65 Å². The predicted molar refractivity (Wildman–Crippen MR) is 112 cm³/mol. The molecule has 158 valence electrons. The molecule has 1 aromatic carbocycles. The highest BCUT2D eigenvalue weighted by molar-refractivity contribution is 7.89. The van der Waals surface area contributed by atoms with Crippen LogP contribution in [0.4, 0.5) is 0 Å². The van der Waals surface area contributed by atoms with Crippen LogP contribution in [0.2, 0.25) is 0 Å². The third-order valence-electron chi connectivity index (χ3n) is 5.30. The number of fused-ring (bicyclic) bond motifs is 1. The molecular formula is C21H25N5O3S. The molecule has 0 spiro atoms. The minimum Gasteiger partial charge on any atom is -0.355 e. The van der Waals surface area contributed by atoms with Gasteiger partial charge in [-0.25, -0.2) is 8.42 Å². The fourth-order valence-electron chi connectivity index (χ4n) is 3.66. The summed E-state index contributed by atoms with van der Waals surface area (Å²) in [5, 5.41) is 11.1. The Hall–Kier alpha value is -2.78. The first-order chi connectivity index (χ1) is 14.5. The van der Waals surface area contributed by atoms with Gasteiger partial charge in [-0.15, -0.1) is 10.2 Å². The van der Waals surface area contributed by atoms with Gasteiger partial charge in [0.05, 0.1) is 11.3 Å². The number of nitrogens with one attached hydrogen (secondary N) is 1. The van der Waals surface area contributed by atoms with Crippen LogP contribution in [0.5, 0.6) is 0 Å². The summed E-state index contributed by atoms with van der Waals surface area (Å²) < 4.78 is 28.8. The normalized spacial score (nSPS) is 15.3. The SMILES string of the molecule is O=C(Cc1ccc(S(=O)(=O)N2CCCCC2)cc1)NCCc1nnc2ccccn12. The van der Waals surface area contributed by atoms with Crippen molar-refractivity contribution in [1.82, 2.24) is 24.2 Å². The summed E-state index contributed by atoms with van der Waals surface area (Å²) in [5.74, 6) is 0.675. The van der Waals surface area contributed by atoms with Crippen LogP contribution >= 0.6 is 0 Å². The molecule has 9 heteroatoms. The van der Waals surface area contributed by atoms with Gasteiger partial charge < -0.3 is 5.32 Å². The molecule has 1 saturated heterocycles. The molecule has 0 atom stereocenters. The molecule has 1 amide bonds. The van der Waals surface area contributed by atoms with Crippen LogP contribution in [-0.4, -0.2) is 52.9 Å². The second-order valence-corrected chi connectivity index (χ2v) is 9.37. The van der Waals surface area contributed by atoms with E-state index in [9.17, 15) is 13.2 Å². The molecule has 2 aromatic heterocycles. The summed E-state index contributed by atoms with van der Waals surface area (Å²) in [6.45, 7) is 1.61. The second kappa shape index (κ2) is 8.93. The van der Waals surface area contributed by atoms with Gasteiger partial charge in [0.25, 0.3) is 0 Å². The Balaban J connectivity index is 1.30. The Morgan fingerprint density at radius 1 is 1.00 bits per heavy atom. The van der Waals surface area contributed by atoms with Gasteiger partial charge in [-0.3, -0.25) is 9.20 Å². The van der Waals surface area contributed by atoms with Crippen molar-refractivity contribution < 1.29 is 13.2 Å². The summed E-state index contributed by atoms with van der Waals surface area (Å²) in [7, 11) is -3.45. The Labute approximate surface area is 176 Å². The molecule has 30 heavy (non-hydrogen) atoms. The molecule has 3 aromatic rings. The average molecular weight is 428 g/mol. The number of nitrogens with zero attached hydrogens (tertiary/aromatic N) is 4. The molecule has 0 bridgehead atoms. The number of hydrogen-bond donors (Lipinski definition) is 1. The molecular weight excluding hydrogens is 402 g/mol. The lowest BCUT2D eigenvalue weighted by molar-refractivity contribution is -0.120. The van der Waals surface area contributed by atoms with E-state index in [-0.39, 0.29) is 17.2 Å². The highest BCUT2D eigenvalue weighted by Gasteiger charge is 2.25. The summed E-state index contributed by atoms with van der Waals surface area (Å²) in [6, 6.07) is 12.3. The minimum atomic E-state index is -3.45. The quantitative estimate of drug-likeness (QED) is 0.620. The van der Waals surface area contributed by atoms with Gasteiger partial charge in [0.2, 0.25) is 15.9 Å². The summed E-state index contributed by atoms with van der Waals surface area (Å²) >= 11 is 0. The molecule has 8 nitrogen and oxygen atoms in total. The molecule has 1 N–H and O–H groups in total. The van der Waals surface area contributed by atoms with Gasteiger partial charge in [0.1, 0.15) is 5.82 Å². The number of rotatable bonds is 7. The van der Waals surface area contributed by atoms with E-state index < -0.39 is 10.0 Å². The summed E-state index contributed by atoms with van der Waals surface area (Å²) in [4.78, 5) is 12.5. The van der Waals surface area contributed by atoms with E-state index in [4.69, 9.17) is 0 Å². The number of aromatic nitrogens is 3. The third kappa shape index (κ3) is 4.52. The van der Waals surface area contributed by atoms with E-state index in [1.54, 1.807) is 28.6 Å². The first-order valence-corrected chi connectivity index (χ1v) is 11.6. The van der Waals surface area contributed by atoms with E-state index in [0.717, 1.165) is 36.3 Å². The van der Waals surface area contributed by atoms with Crippen LogP contribution < -0.4 is 5.32 Å². The molecule has 0 radical (unpaired) electrons. The minimum absolute atomic E-state index is 0.115. The lowest BCUT2D eigenvalue weighted by Crippen LogP contribution is -2.35. The summed E-state index contributed by atoms with van der Waals surface area (Å²) in [5.41, 5.74) is 1.55. The Bertz CT molecular complexity index is 1120. The van der Waals surface area contributed by atoms with Crippen LogP contribution in [0.15, 0.2) is 53.6 Å². The number of pyridine rings is 1. The predicted octanol–water partition coefficient (Wildman–Crippen LogP) is 1.81. The van der Waals surface area contributed by atoms with Crippen molar-refractivity contribution in [2.75, 3.05) is 19.6 Å². The van der Waals surface area contributed by atoms with Crippen molar-refractivity contribution in [3.63, 3.8) is 0 Å². The van der Waals surface area contributed by atoms with Crippen molar-refractivity contribution >= 4 is 21.6 Å². The van der Waals surface area contributed by atoms with Crippen LogP contribution in [-0.2, 0) is 27.7 Å². The average Bonchev–Trinajstić information content (AvgIpc) is 3.18. The maximum Gasteiger partial charge on any atom is 0.243 e. The smallest absolute Gasteiger partial charge is 0.243 e. The topological polar surface area (TPSA) is 96.7 Å². The van der Waals surface area contributed by atoms with E-state index in [2.05, 4.69) is 15.5 Å². The number of sulfonamides is 1. The third-order valence-corrected chi connectivity index (χ3v) is 7.21. The van der Waals surface area contributed by atoms with Gasteiger partial charge >= 0.3 is 0 Å². The van der Waals surface area contributed by atoms with Crippen molar-refractivity contribution in [3.05, 3.63) is 60.0 Å². The zero-order chi connectivity index (χ0) is 21.0. The monoisotopic (exact) mass is 427 g/mol. The Kier molecular flexibility index (Phi) is 6.10. The maximum atomic E-state index is 12.7. The first-order valence-electron chi connectivity index (χ1n) is 10.2. The number of carbonyl (C=O) groups excluding carboxylic acids is 1. The van der Waals surface area contributed by atoms with Gasteiger partial charge in [0.15, 0.2) is 5.65 Å². The molecule has 1 fully saturated rings. The summed E-state index contributed by atoms with van der Waals surface area (Å²) in [6.07, 6.45) is 5.55. The van der Waals surface area contributed by atoms with Crippen LogP contribution in [0.3, 0.4) is 0 Å². The molecule has 0 aliphatic carbocycles. The van der Waals surface area contributed by atoms with E-state index >= 15 is 0 Å². The fourth-order valence-corrected chi connectivity index (χ4v) is 5.17. The van der Waals surface area contributed by atoms with Crippen molar-refractivity contribution in [3.8, 4) is 0 Å². The number of piperidine rings is 1. The largest absolute Gasteiger partial charge is 0.355 e. The first kappa shape index (κ1) is 20.5.